The molecule has 1 N–H and O–H groups in total. The molecule has 25 heavy (non-hydrogen) atoms. The molecule has 0 saturated carbocycles. The molecule has 0 bridgehead atoms. The largest absolute Gasteiger partial charge is 0.352 e. The minimum atomic E-state index is -0.527. The lowest BCUT2D eigenvalue weighted by Crippen LogP contribution is -2.39. The van der Waals surface area contributed by atoms with Gasteiger partial charge in [0.2, 0.25) is 11.2 Å². The van der Waals surface area contributed by atoms with E-state index in [0.29, 0.717) is 0 Å². The highest BCUT2D eigenvalue weighted by Crippen LogP contribution is 2.15. The molecule has 0 fully saturated rings. The van der Waals surface area contributed by atoms with Gasteiger partial charge < -0.3 is 5.32 Å². The first-order valence-corrected chi connectivity index (χ1v) is 8.76. The number of halogens is 1. The van der Waals surface area contributed by atoms with Crippen LogP contribution in [-0.4, -0.2) is 30.6 Å². The van der Waals surface area contributed by atoms with Crippen molar-refractivity contribution in [1.29, 1.82) is 0 Å². The lowest BCUT2D eigenvalue weighted by atomic mass is 10.1. The van der Waals surface area contributed by atoms with E-state index >= 15 is 0 Å². The summed E-state index contributed by atoms with van der Waals surface area (Å²) in [5.74, 6) is -0.249. The monoisotopic (exact) mass is 369 g/mol. The van der Waals surface area contributed by atoms with Crippen molar-refractivity contribution in [3.05, 3.63) is 26.1 Å². The van der Waals surface area contributed by atoms with Crippen LogP contribution >= 0.6 is 11.6 Å². The lowest BCUT2D eigenvalue weighted by molar-refractivity contribution is -0.122. The molecule has 0 aliphatic carbocycles. The summed E-state index contributed by atoms with van der Waals surface area (Å²) < 4.78 is 3.55. The zero-order valence-corrected chi connectivity index (χ0v) is 15.8. The number of nitrogens with zero attached hydrogens (tertiary/aromatic N) is 4. The Morgan fingerprint density at radius 1 is 1.24 bits per heavy atom. The first-order chi connectivity index (χ1) is 11.8. The Morgan fingerprint density at radius 3 is 2.56 bits per heavy atom. The van der Waals surface area contributed by atoms with Gasteiger partial charge in [0.1, 0.15) is 6.54 Å². The van der Waals surface area contributed by atoms with Crippen molar-refractivity contribution >= 4 is 28.7 Å². The van der Waals surface area contributed by atoms with E-state index in [0.717, 1.165) is 30.3 Å². The van der Waals surface area contributed by atoms with E-state index in [9.17, 15) is 14.4 Å². The molecular weight excluding hydrogens is 346 g/mol. The van der Waals surface area contributed by atoms with Gasteiger partial charge in [-0.15, -0.1) is 0 Å². The maximum Gasteiger partial charge on any atom is 0.332 e. The minimum Gasteiger partial charge on any atom is -0.352 e. The highest BCUT2D eigenvalue weighted by molar-refractivity contribution is 6.29. The molecule has 2 aromatic heterocycles. The van der Waals surface area contributed by atoms with E-state index in [1.165, 1.54) is 23.2 Å². The molecule has 2 rings (SSSR count). The van der Waals surface area contributed by atoms with Crippen LogP contribution in [0, 0.1) is 0 Å². The van der Waals surface area contributed by atoms with Gasteiger partial charge in [-0.2, -0.15) is 4.98 Å². The smallest absolute Gasteiger partial charge is 0.332 e. The summed E-state index contributed by atoms with van der Waals surface area (Å²) in [5, 5.41) is 2.91. The van der Waals surface area contributed by atoms with E-state index < -0.39 is 11.2 Å². The Hall–Kier alpha value is -2.09. The number of carbonyl (C=O) groups excluding carboxylic acids is 1. The van der Waals surface area contributed by atoms with Crippen LogP contribution < -0.4 is 16.6 Å². The third-order valence-electron chi connectivity index (χ3n) is 4.25. The van der Waals surface area contributed by atoms with Crippen molar-refractivity contribution in [1.82, 2.24) is 24.0 Å². The number of carbonyl (C=O) groups is 1. The van der Waals surface area contributed by atoms with E-state index in [4.69, 9.17) is 11.6 Å². The molecule has 0 aromatic carbocycles. The SMILES string of the molecule is CCCCC[C@@H](C)NC(=O)Cn1c(Cl)nc2c1c(=O)n(C)c(=O)n2C. The number of fused-ring (bicyclic) bond motifs is 1. The van der Waals surface area contributed by atoms with E-state index in [2.05, 4.69) is 17.2 Å². The van der Waals surface area contributed by atoms with Crippen LogP contribution in [0.2, 0.25) is 5.28 Å². The predicted molar refractivity (Wildman–Crippen MR) is 97.0 cm³/mol. The Labute approximate surface area is 150 Å². The summed E-state index contributed by atoms with van der Waals surface area (Å²) in [6.07, 6.45) is 4.20. The number of amides is 1. The first-order valence-electron chi connectivity index (χ1n) is 8.39. The lowest BCUT2D eigenvalue weighted by Gasteiger charge is -2.14. The molecule has 138 valence electrons. The molecule has 9 heteroatoms. The number of rotatable bonds is 7. The number of unbranched alkanes of at least 4 members (excludes halogenated alkanes) is 2. The van der Waals surface area contributed by atoms with Gasteiger partial charge in [-0.3, -0.25) is 23.3 Å². The van der Waals surface area contributed by atoms with E-state index in [-0.39, 0.29) is 34.9 Å². The summed E-state index contributed by atoms with van der Waals surface area (Å²) in [7, 11) is 2.89. The Bertz CT molecular complexity index is 896. The van der Waals surface area contributed by atoms with Crippen LogP contribution in [0.25, 0.3) is 11.2 Å². The predicted octanol–water partition coefficient (Wildman–Crippen LogP) is 1.17. The van der Waals surface area contributed by atoms with Crippen LogP contribution in [0.4, 0.5) is 0 Å². The molecule has 0 saturated heterocycles. The Balaban J connectivity index is 2.27. The second-order valence-electron chi connectivity index (χ2n) is 6.31. The topological polar surface area (TPSA) is 90.9 Å². The van der Waals surface area contributed by atoms with Crippen molar-refractivity contribution in [3.8, 4) is 0 Å². The molecule has 2 aromatic rings. The number of hydrogen-bond acceptors (Lipinski definition) is 4. The standard InChI is InChI=1S/C16H24ClN5O3/c1-5-6-7-8-10(2)18-11(23)9-22-12-13(19-15(22)17)20(3)16(25)21(4)14(12)24/h10H,5-9H2,1-4H3,(H,18,23)/t10-/m1/s1. The maximum absolute atomic E-state index is 12.4. The Kier molecular flexibility index (Phi) is 6.05. The fraction of sp³-hybridized carbons (Fsp3) is 0.625. The van der Waals surface area contributed by atoms with Crippen molar-refractivity contribution < 1.29 is 4.79 Å². The molecular formula is C16H24ClN5O3. The average molecular weight is 370 g/mol. The van der Waals surface area contributed by atoms with E-state index in [1.54, 1.807) is 0 Å². The van der Waals surface area contributed by atoms with Crippen LogP contribution in [0.3, 0.4) is 0 Å². The second kappa shape index (κ2) is 7.86. The van der Waals surface area contributed by atoms with Gasteiger partial charge in [0, 0.05) is 20.1 Å². The van der Waals surface area contributed by atoms with Gasteiger partial charge >= 0.3 is 5.69 Å². The first kappa shape index (κ1) is 19.2. The maximum atomic E-state index is 12.4. The van der Waals surface area contributed by atoms with Gasteiger partial charge in [0.05, 0.1) is 0 Å². The van der Waals surface area contributed by atoms with Gasteiger partial charge in [-0.05, 0) is 24.9 Å². The van der Waals surface area contributed by atoms with Crippen molar-refractivity contribution in [2.45, 2.75) is 52.1 Å². The van der Waals surface area contributed by atoms with Gasteiger partial charge in [-0.1, -0.05) is 26.2 Å². The number of nitrogens with one attached hydrogen (secondary N) is 1. The Morgan fingerprint density at radius 2 is 1.92 bits per heavy atom. The number of imidazole rings is 1. The molecule has 1 atom stereocenters. The number of aromatic nitrogens is 4. The number of hydrogen-bond donors (Lipinski definition) is 1. The average Bonchev–Trinajstić information content (AvgIpc) is 2.88. The van der Waals surface area contributed by atoms with E-state index in [1.807, 2.05) is 6.92 Å². The molecule has 1 amide bonds. The highest BCUT2D eigenvalue weighted by atomic mass is 35.5. The van der Waals surface area contributed by atoms with Crippen molar-refractivity contribution in [3.63, 3.8) is 0 Å². The highest BCUT2D eigenvalue weighted by Gasteiger charge is 2.20. The van der Waals surface area contributed by atoms with Crippen LogP contribution in [0.1, 0.15) is 39.5 Å². The minimum absolute atomic E-state index is 0.00193. The summed E-state index contributed by atoms with van der Waals surface area (Å²) in [6.45, 7) is 3.95. The molecule has 2 heterocycles. The summed E-state index contributed by atoms with van der Waals surface area (Å²) >= 11 is 6.11. The molecule has 0 spiro atoms. The molecule has 0 aliphatic rings. The van der Waals surface area contributed by atoms with Gasteiger partial charge in [-0.25, -0.2) is 4.79 Å². The fourth-order valence-electron chi connectivity index (χ4n) is 2.80. The zero-order valence-electron chi connectivity index (χ0n) is 15.0. The zero-order chi connectivity index (χ0) is 18.7. The van der Waals surface area contributed by atoms with Crippen LogP contribution in [-0.2, 0) is 25.4 Å². The third kappa shape index (κ3) is 3.95. The van der Waals surface area contributed by atoms with Crippen molar-refractivity contribution in [2.24, 2.45) is 14.1 Å². The molecule has 8 nitrogen and oxygen atoms in total. The normalized spacial score (nSPS) is 12.5. The quantitative estimate of drug-likeness (QED) is 0.586. The molecule has 0 radical (unpaired) electrons. The van der Waals surface area contributed by atoms with Gasteiger partial charge in [0.15, 0.2) is 11.2 Å². The fourth-order valence-corrected chi connectivity index (χ4v) is 3.03. The summed E-state index contributed by atoms with van der Waals surface area (Å²) in [4.78, 5) is 40.8. The molecule has 0 unspecified atom stereocenters. The number of aryl methyl sites for hydroxylation is 1. The van der Waals surface area contributed by atoms with Crippen molar-refractivity contribution in [2.75, 3.05) is 0 Å². The second-order valence-corrected chi connectivity index (χ2v) is 6.65. The van der Waals surface area contributed by atoms with Crippen LogP contribution in [0.5, 0.6) is 0 Å². The van der Waals surface area contributed by atoms with Crippen LogP contribution in [0.15, 0.2) is 9.59 Å². The van der Waals surface area contributed by atoms with Gasteiger partial charge in [0.25, 0.3) is 5.56 Å². The summed E-state index contributed by atoms with van der Waals surface area (Å²) in [6, 6.07) is 0.0415. The third-order valence-corrected chi connectivity index (χ3v) is 4.54. The summed E-state index contributed by atoms with van der Waals surface area (Å²) in [5.41, 5.74) is -0.709. The molecule has 0 aliphatic heterocycles.